The van der Waals surface area contributed by atoms with Crippen molar-refractivity contribution in [2.24, 2.45) is 23.7 Å². The largest absolute Gasteiger partial charge is 0.325 e. The summed E-state index contributed by atoms with van der Waals surface area (Å²) in [7, 11) is 0. The average molecular weight is 423 g/mol. The zero-order valence-corrected chi connectivity index (χ0v) is 17.3. The summed E-state index contributed by atoms with van der Waals surface area (Å²) in [6.45, 7) is 4.02. The average Bonchev–Trinajstić information content (AvgIpc) is 3.47. The molecular weight excluding hydrogens is 402 g/mol. The Morgan fingerprint density at radius 2 is 1.67 bits per heavy atom. The minimum Gasteiger partial charge on any atom is -0.308 e. The molecule has 8 nitrogen and oxygen atoms in total. The van der Waals surface area contributed by atoms with Gasteiger partial charge in [0, 0.05) is 11.6 Å². The summed E-state index contributed by atoms with van der Waals surface area (Å²) < 4.78 is 0. The van der Waals surface area contributed by atoms with E-state index in [9.17, 15) is 14.4 Å². The number of hydrogen-bond acceptors (Lipinski definition) is 6. The van der Waals surface area contributed by atoms with Gasteiger partial charge >= 0.3 is 6.03 Å². The van der Waals surface area contributed by atoms with Crippen molar-refractivity contribution in [2.75, 3.05) is 15.5 Å². The van der Waals surface area contributed by atoms with Crippen LogP contribution in [-0.2, 0) is 9.59 Å². The minimum absolute atomic E-state index is 0.113. The van der Waals surface area contributed by atoms with Gasteiger partial charge in [0.25, 0.3) is 0 Å². The standard InChI is InChI=1S/C21H21N5O3S/c1-10(2)17-24-25-21(30-17)23-20(29)22-13-5-7-14(8-6-13)26-18(27)15-11-3-4-12(9-11)16(15)19(26)28/h3-8,10-12,15-16H,9H2,1-2H3,(H2,22,23,25,29)/t11-,12-,15-,16-/m0/s1. The smallest absolute Gasteiger partial charge is 0.308 e. The van der Waals surface area contributed by atoms with Crippen LogP contribution < -0.4 is 15.5 Å². The second-order valence-electron chi connectivity index (χ2n) is 8.24. The van der Waals surface area contributed by atoms with Crippen LogP contribution in [-0.4, -0.2) is 28.0 Å². The van der Waals surface area contributed by atoms with Gasteiger partial charge in [-0.3, -0.25) is 19.8 Å². The lowest BCUT2D eigenvalue weighted by molar-refractivity contribution is -0.123. The van der Waals surface area contributed by atoms with Gasteiger partial charge in [0.05, 0.1) is 17.5 Å². The third-order valence-corrected chi connectivity index (χ3v) is 7.15. The van der Waals surface area contributed by atoms with E-state index in [1.54, 1.807) is 24.3 Å². The number of aromatic nitrogens is 2. The summed E-state index contributed by atoms with van der Waals surface area (Å²) in [5, 5.41) is 14.7. The number of carbonyl (C=O) groups excluding carboxylic acids is 3. The van der Waals surface area contributed by atoms with Crippen molar-refractivity contribution in [1.29, 1.82) is 0 Å². The Labute approximate surface area is 177 Å². The number of nitrogens with one attached hydrogen (secondary N) is 2. The zero-order valence-electron chi connectivity index (χ0n) is 16.5. The number of hydrogen-bond donors (Lipinski definition) is 2. The summed E-state index contributed by atoms with van der Waals surface area (Å²) in [5.74, 6) is -0.0621. The molecule has 1 saturated carbocycles. The third-order valence-electron chi connectivity index (χ3n) is 6.01. The van der Waals surface area contributed by atoms with Crippen molar-refractivity contribution in [3.05, 3.63) is 41.4 Å². The van der Waals surface area contributed by atoms with Crippen LogP contribution in [0.25, 0.3) is 0 Å². The highest BCUT2D eigenvalue weighted by atomic mass is 32.1. The Kier molecular flexibility index (Phi) is 4.43. The molecule has 4 amide bonds. The third kappa shape index (κ3) is 3.00. The van der Waals surface area contributed by atoms with Gasteiger partial charge in [0.15, 0.2) is 0 Å². The fourth-order valence-electron chi connectivity index (χ4n) is 4.63. The SMILES string of the molecule is CC(C)c1nnc(NC(=O)Nc2ccc(N3C(=O)[C@@H]4[C@@H](C3=O)[C@H]3C=C[C@H]4C3)cc2)s1. The number of amides is 4. The van der Waals surface area contributed by atoms with E-state index in [2.05, 4.69) is 33.0 Å². The second kappa shape index (κ2) is 7.02. The minimum atomic E-state index is -0.431. The topological polar surface area (TPSA) is 104 Å². The lowest BCUT2D eigenvalue weighted by atomic mass is 9.85. The number of rotatable bonds is 4. The van der Waals surface area contributed by atoms with Crippen molar-refractivity contribution in [1.82, 2.24) is 10.2 Å². The molecule has 4 atom stereocenters. The molecule has 2 heterocycles. The van der Waals surface area contributed by atoms with Crippen molar-refractivity contribution in [3.63, 3.8) is 0 Å². The van der Waals surface area contributed by atoms with Gasteiger partial charge < -0.3 is 5.32 Å². The highest BCUT2D eigenvalue weighted by molar-refractivity contribution is 7.15. The summed E-state index contributed by atoms with van der Waals surface area (Å²) in [6.07, 6.45) is 5.06. The molecule has 5 rings (SSSR count). The number of urea groups is 1. The predicted octanol–water partition coefficient (Wildman–Crippen LogP) is 3.62. The molecule has 0 spiro atoms. The zero-order chi connectivity index (χ0) is 21.0. The summed E-state index contributed by atoms with van der Waals surface area (Å²) in [6, 6.07) is 6.29. The fraction of sp³-hybridized carbons (Fsp3) is 0.381. The number of imide groups is 1. The van der Waals surface area contributed by atoms with Gasteiger partial charge in [-0.25, -0.2) is 4.79 Å². The molecule has 0 unspecified atom stereocenters. The van der Waals surface area contributed by atoms with Gasteiger partial charge in [0.1, 0.15) is 5.01 Å². The van der Waals surface area contributed by atoms with Gasteiger partial charge in [-0.2, -0.15) is 0 Å². The number of nitrogens with zero attached hydrogens (tertiary/aromatic N) is 3. The normalized spacial score (nSPS) is 26.6. The van der Waals surface area contributed by atoms with Crippen LogP contribution in [0.1, 0.15) is 31.2 Å². The molecule has 2 N–H and O–H groups in total. The highest BCUT2D eigenvalue weighted by Crippen LogP contribution is 2.53. The van der Waals surface area contributed by atoms with E-state index in [0.717, 1.165) is 11.4 Å². The van der Waals surface area contributed by atoms with Crippen LogP contribution >= 0.6 is 11.3 Å². The Bertz CT molecular complexity index is 1030. The lowest BCUT2D eigenvalue weighted by Gasteiger charge is -2.17. The number of fused-ring (bicyclic) bond motifs is 5. The van der Waals surface area contributed by atoms with Crippen LogP contribution in [0.15, 0.2) is 36.4 Å². The Morgan fingerprint density at radius 1 is 1.03 bits per heavy atom. The van der Waals surface area contributed by atoms with Crippen LogP contribution in [0.3, 0.4) is 0 Å². The Balaban J connectivity index is 1.25. The fourth-order valence-corrected chi connectivity index (χ4v) is 5.37. The quantitative estimate of drug-likeness (QED) is 0.577. The van der Waals surface area contributed by atoms with Crippen molar-refractivity contribution >= 4 is 45.7 Å². The molecule has 2 aliphatic carbocycles. The van der Waals surface area contributed by atoms with Crippen LogP contribution in [0, 0.1) is 23.7 Å². The Hall–Kier alpha value is -3.07. The molecule has 1 aromatic carbocycles. The molecule has 2 fully saturated rings. The molecule has 1 aromatic heterocycles. The first kappa shape index (κ1) is 18.9. The van der Waals surface area contributed by atoms with Crippen LogP contribution in [0.5, 0.6) is 0 Å². The van der Waals surface area contributed by atoms with E-state index in [-0.39, 0.29) is 41.4 Å². The van der Waals surface area contributed by atoms with Crippen LogP contribution in [0.4, 0.5) is 21.3 Å². The van der Waals surface area contributed by atoms with E-state index in [1.165, 1.54) is 16.2 Å². The Morgan fingerprint density at radius 3 is 2.23 bits per heavy atom. The van der Waals surface area contributed by atoms with E-state index >= 15 is 0 Å². The highest BCUT2D eigenvalue weighted by Gasteiger charge is 2.59. The van der Waals surface area contributed by atoms with E-state index < -0.39 is 6.03 Å². The number of allylic oxidation sites excluding steroid dienone is 2. The molecule has 154 valence electrons. The van der Waals surface area contributed by atoms with Crippen molar-refractivity contribution in [2.45, 2.75) is 26.2 Å². The number of anilines is 3. The number of benzene rings is 1. The first-order valence-electron chi connectivity index (χ1n) is 10.00. The maximum Gasteiger partial charge on any atom is 0.325 e. The van der Waals surface area contributed by atoms with Crippen molar-refractivity contribution in [3.8, 4) is 0 Å². The maximum atomic E-state index is 12.9. The monoisotopic (exact) mass is 423 g/mol. The predicted molar refractivity (Wildman–Crippen MR) is 113 cm³/mol. The van der Waals surface area contributed by atoms with Crippen LogP contribution in [0.2, 0.25) is 0 Å². The molecule has 30 heavy (non-hydrogen) atoms. The molecule has 3 aliphatic rings. The molecule has 1 aliphatic heterocycles. The van der Waals surface area contributed by atoms with E-state index in [0.29, 0.717) is 16.5 Å². The molecule has 2 aromatic rings. The van der Waals surface area contributed by atoms with Gasteiger partial charge in [-0.1, -0.05) is 37.3 Å². The molecule has 1 saturated heterocycles. The molecule has 2 bridgehead atoms. The summed E-state index contributed by atoms with van der Waals surface area (Å²) in [5.41, 5.74) is 1.08. The second-order valence-corrected chi connectivity index (χ2v) is 9.25. The number of carbonyl (C=O) groups is 3. The lowest BCUT2D eigenvalue weighted by Crippen LogP contribution is -2.32. The molecular formula is C21H21N5O3S. The van der Waals surface area contributed by atoms with E-state index in [1.807, 2.05) is 13.8 Å². The van der Waals surface area contributed by atoms with Gasteiger partial charge in [0.2, 0.25) is 16.9 Å². The summed E-state index contributed by atoms with van der Waals surface area (Å²) in [4.78, 5) is 39.3. The van der Waals surface area contributed by atoms with Crippen molar-refractivity contribution < 1.29 is 14.4 Å². The van der Waals surface area contributed by atoms with E-state index in [4.69, 9.17) is 0 Å². The first-order chi connectivity index (χ1) is 14.4. The maximum absolute atomic E-state index is 12.9. The molecule has 9 heteroatoms. The molecule has 0 radical (unpaired) electrons. The summed E-state index contributed by atoms with van der Waals surface area (Å²) >= 11 is 1.33. The first-order valence-corrected chi connectivity index (χ1v) is 10.8. The van der Waals surface area contributed by atoms with Gasteiger partial charge in [-0.05, 0) is 42.5 Å². The van der Waals surface area contributed by atoms with Gasteiger partial charge in [-0.15, -0.1) is 10.2 Å².